The van der Waals surface area contributed by atoms with Crippen molar-refractivity contribution in [3.8, 4) is 0 Å². The number of benzene rings is 2. The molecule has 0 radical (unpaired) electrons. The normalized spacial score (nSPS) is 18.0. The Kier molecular flexibility index (Phi) is 67.8. The molecule has 2 aliphatic heterocycles. The smallest absolute Gasteiger partial charge is 0.305 e. The van der Waals surface area contributed by atoms with E-state index in [2.05, 4.69) is 90.4 Å². The van der Waals surface area contributed by atoms with Gasteiger partial charge in [-0.1, -0.05) is 60.7 Å². The van der Waals surface area contributed by atoms with Gasteiger partial charge in [0.1, 0.15) is 54.4 Å². The molecule has 814 valence electrons. The van der Waals surface area contributed by atoms with E-state index in [9.17, 15) is 91.7 Å². The van der Waals surface area contributed by atoms with Gasteiger partial charge in [-0.15, -0.1) is 0 Å². The van der Waals surface area contributed by atoms with Crippen LogP contribution in [0.2, 0.25) is 0 Å². The van der Waals surface area contributed by atoms with Crippen molar-refractivity contribution in [1.29, 1.82) is 10.8 Å². The summed E-state index contributed by atoms with van der Waals surface area (Å²) in [7, 11) is 0. The van der Waals surface area contributed by atoms with E-state index in [0.717, 1.165) is 0 Å². The fourth-order valence-electron chi connectivity index (χ4n) is 13.7. The zero-order chi connectivity index (χ0) is 106. The van der Waals surface area contributed by atoms with Crippen LogP contribution in [0.15, 0.2) is 60.7 Å². The molecule has 53 nitrogen and oxygen atoms in total. The van der Waals surface area contributed by atoms with Gasteiger partial charge in [0.15, 0.2) is 11.9 Å². The number of carbonyl (C=O) groups excluding carboxylic acids is 15. The van der Waals surface area contributed by atoms with Crippen molar-refractivity contribution in [3.63, 3.8) is 0 Å². The Bertz CT molecular complexity index is 4220. The fraction of sp³-hybridized carbons (Fsp3) is 0.663. The Balaban J connectivity index is 1.10. The number of carboxylic acid groups (broad SMARTS) is 2. The average molecular weight is 2060 g/mol. The lowest BCUT2D eigenvalue weighted by atomic mass is 10.0. The molecule has 53 heteroatoms. The maximum absolute atomic E-state index is 14.1. The summed E-state index contributed by atoms with van der Waals surface area (Å²) in [5.41, 5.74) is 17.4. The minimum Gasteiger partial charge on any atom is -0.481 e. The summed E-state index contributed by atoms with van der Waals surface area (Å²) >= 11 is 0. The van der Waals surface area contributed by atoms with Crippen LogP contribution in [0.4, 0.5) is 0 Å². The second-order valence-corrected chi connectivity index (χ2v) is 33.0. The monoisotopic (exact) mass is 2060 g/mol. The molecule has 0 bridgehead atoms. The van der Waals surface area contributed by atoms with Gasteiger partial charge in [-0.05, 0) is 81.8 Å². The van der Waals surface area contributed by atoms with Crippen LogP contribution >= 0.6 is 0 Å². The molecular weight excluding hydrogens is 1910 g/mol. The van der Waals surface area contributed by atoms with Crippen LogP contribution in [0.5, 0.6) is 0 Å². The van der Waals surface area contributed by atoms with Crippen molar-refractivity contribution in [3.05, 3.63) is 71.8 Å². The summed E-state index contributed by atoms with van der Waals surface area (Å²) in [6, 6.07) is 4.89. The number of hydrogen-bond acceptors (Lipinski definition) is 32. The molecule has 145 heavy (non-hydrogen) atoms. The molecule has 9 atom stereocenters. The van der Waals surface area contributed by atoms with Crippen molar-refractivity contribution in [2.75, 3.05) is 217 Å². The summed E-state index contributed by atoms with van der Waals surface area (Å²) in [6.07, 6.45) is -0.451. The molecule has 27 N–H and O–H groups in total. The predicted molar refractivity (Wildman–Crippen MR) is 518 cm³/mol. The zero-order valence-electron chi connectivity index (χ0n) is 82.2. The van der Waals surface area contributed by atoms with Crippen molar-refractivity contribution < 1.29 is 149 Å². The quantitative estimate of drug-likeness (QED) is 0.0166. The van der Waals surface area contributed by atoms with Gasteiger partial charge in [0.25, 0.3) is 0 Å². The number of aliphatic carboxylic acids is 2. The molecule has 0 saturated carbocycles. The van der Waals surface area contributed by atoms with Crippen LogP contribution in [0.1, 0.15) is 120 Å². The van der Waals surface area contributed by atoms with Crippen molar-refractivity contribution >= 4 is 112 Å². The number of carbonyl (C=O) groups is 17. The number of amides is 15. The van der Waals surface area contributed by atoms with Gasteiger partial charge < -0.3 is 175 Å². The Morgan fingerprint density at radius 1 is 0.317 bits per heavy atom. The molecule has 2 aromatic carbocycles. The Labute approximate surface area is 841 Å². The Morgan fingerprint density at radius 2 is 0.600 bits per heavy atom. The van der Waals surface area contributed by atoms with Crippen LogP contribution < -0.4 is 108 Å². The van der Waals surface area contributed by atoms with E-state index >= 15 is 0 Å². The largest absolute Gasteiger partial charge is 0.481 e. The lowest BCUT2D eigenvalue weighted by Crippen LogP contribution is -2.58. The standard InChI is InChI=1S/C92H150N22O31/c93-26-36-137-42-48-143-54-51-142-47-41-136-35-25-77(118)106-69(82(125)101-32-38-139-44-50-145-56-53-141-46-40-135-34-24-76(117)99-28-10-8-18-68-86(129)110-66(20-12-30-103-92(96)97)84(127)105-62-79(120)108-73(60-81(123)124)90(133)114-71(88(131)112-68)58-64-15-5-2-6-16-64)21-22-74(115)100-31-37-138-43-49-144-55-52-140-45-39-134-33-23-75(116)98-27-9-7-17-67-85(128)109-65(19-11-29-102-91(94)95)83(126)104-61-78(119)107-72(59-80(121)122)89(132)113-70(87(130)111-67)57-63-13-3-1-4-14-63/h1-6,13-16,65-73H,7-12,17-62,93H2,(H,98,116)(H,99,117)(H,100,115)(H,101,125)(H,104,126)(H,105,127)(H,106,118)(H,107,119)(H,108,120)(H,109,128)(H,110,129)(H,111,130)(H,112,131)(H,113,132)(H,114,133)(H,121,122)(H,123,124)(H4,94,95,102)(H4,96,97,103)/t65-,66-,67-,68-,69-,70+,71+,72-,73-/m0/s1. The van der Waals surface area contributed by atoms with Gasteiger partial charge in [0.2, 0.25) is 88.6 Å². The lowest BCUT2D eigenvalue weighted by Gasteiger charge is -2.26. The molecule has 0 aliphatic carbocycles. The minimum atomic E-state index is -1.65. The maximum Gasteiger partial charge on any atom is 0.305 e. The van der Waals surface area contributed by atoms with E-state index < -0.39 is 169 Å². The number of carboxylic acids is 2. The summed E-state index contributed by atoms with van der Waals surface area (Å²) in [6.45, 7) is 5.19. The third kappa shape index (κ3) is 62.7. The second kappa shape index (κ2) is 78.8. The van der Waals surface area contributed by atoms with Crippen LogP contribution in [0.25, 0.3) is 0 Å². The third-order valence-electron chi connectivity index (χ3n) is 21.2. The summed E-state index contributed by atoms with van der Waals surface area (Å²) in [4.78, 5) is 225. The van der Waals surface area contributed by atoms with E-state index in [4.69, 9.17) is 84.9 Å². The molecule has 2 aliphatic rings. The van der Waals surface area contributed by atoms with Gasteiger partial charge in [-0.2, -0.15) is 0 Å². The molecule has 2 heterocycles. The number of rotatable bonds is 75. The van der Waals surface area contributed by atoms with Gasteiger partial charge in [0, 0.05) is 84.3 Å². The van der Waals surface area contributed by atoms with E-state index in [1.54, 1.807) is 60.7 Å². The maximum atomic E-state index is 14.1. The number of nitrogens with two attached hydrogens (primary N) is 3. The van der Waals surface area contributed by atoms with Gasteiger partial charge in [-0.3, -0.25) is 92.3 Å². The Hall–Kier alpha value is -12.6. The molecule has 0 aromatic heterocycles. The van der Waals surface area contributed by atoms with Crippen LogP contribution in [-0.4, -0.2) is 395 Å². The number of nitrogens with one attached hydrogen (secondary N) is 19. The highest BCUT2D eigenvalue weighted by atomic mass is 16.6. The highest BCUT2D eigenvalue weighted by Crippen LogP contribution is 2.14. The highest BCUT2D eigenvalue weighted by Gasteiger charge is 2.37. The number of ether oxygens (including phenoxy) is 12. The van der Waals surface area contributed by atoms with Crippen molar-refractivity contribution in [2.24, 2.45) is 17.2 Å². The van der Waals surface area contributed by atoms with E-state index in [-0.39, 0.29) is 285 Å². The first-order valence-electron chi connectivity index (χ1n) is 48.6. The minimum absolute atomic E-state index is 0.00270. The first-order chi connectivity index (χ1) is 70.0. The first kappa shape index (κ1) is 125. The average Bonchev–Trinajstić information content (AvgIpc) is 1.83. The fourth-order valence-corrected chi connectivity index (χ4v) is 13.7. The van der Waals surface area contributed by atoms with Gasteiger partial charge >= 0.3 is 11.9 Å². The third-order valence-corrected chi connectivity index (χ3v) is 21.2. The number of hydrogen-bond donors (Lipinski definition) is 24. The van der Waals surface area contributed by atoms with Gasteiger partial charge in [-0.25, -0.2) is 0 Å². The van der Waals surface area contributed by atoms with Crippen LogP contribution in [0.3, 0.4) is 0 Å². The lowest BCUT2D eigenvalue weighted by molar-refractivity contribution is -0.141. The molecule has 2 fully saturated rings. The number of unbranched alkanes of at least 4 members (excludes halogenated alkanes) is 2. The van der Waals surface area contributed by atoms with Gasteiger partial charge in [0.05, 0.1) is 184 Å². The molecule has 2 saturated heterocycles. The molecular formula is C92H150N22O31. The highest BCUT2D eigenvalue weighted by molar-refractivity contribution is 6.00. The zero-order valence-corrected chi connectivity index (χ0v) is 82.2. The molecule has 15 amide bonds. The van der Waals surface area contributed by atoms with E-state index in [1.165, 1.54) is 0 Å². The van der Waals surface area contributed by atoms with Crippen LogP contribution in [0, 0.1) is 10.8 Å². The molecule has 0 spiro atoms. The number of guanidine groups is 2. The summed E-state index contributed by atoms with van der Waals surface area (Å²) in [5.74, 6) is -14.2. The van der Waals surface area contributed by atoms with Crippen molar-refractivity contribution in [2.45, 2.75) is 176 Å². The second-order valence-electron chi connectivity index (χ2n) is 33.0. The van der Waals surface area contributed by atoms with Crippen LogP contribution in [-0.2, 0) is 151 Å². The molecule has 2 aromatic rings. The van der Waals surface area contributed by atoms with E-state index in [1.807, 2.05) is 0 Å². The molecule has 0 unspecified atom stereocenters. The summed E-state index contributed by atoms with van der Waals surface area (Å²) < 4.78 is 66.4. The first-order valence-corrected chi connectivity index (χ1v) is 48.6. The summed E-state index contributed by atoms with van der Waals surface area (Å²) in [5, 5.41) is 78.2. The topological polar surface area (TPSA) is 772 Å². The van der Waals surface area contributed by atoms with Crippen molar-refractivity contribution in [1.82, 2.24) is 90.4 Å². The Morgan fingerprint density at radius 3 is 0.952 bits per heavy atom. The predicted octanol–water partition coefficient (Wildman–Crippen LogP) is -7.52. The molecule has 4 rings (SSSR count). The van der Waals surface area contributed by atoms with E-state index in [0.29, 0.717) is 63.5 Å². The SMILES string of the molecule is N=C(N)NCCC[C@@H]1NC(=O)[C@H](CCCCNC(=O)CCOCCOCCOCCOCCNC(=O)CC[C@H](NC(=O)CCOCCOCCOCCOCCN)C(=O)NCCOCCOCCOCCOCCC(=O)NCCCC[C@@H]2NC(=O)[C@@H](Cc3ccccc3)NC(=O)[C@H](CC(=O)O)NC(=O)CNC(=O)[C@H](CCCNC(=N)N)NC2=O)NC(=O)[C@@H](Cc2ccccc2)NC(=O)[C@H](CC(=O)O)NC(=O)CNC1=O.